The molecule has 3 nitrogen and oxygen atoms in total. The van der Waals surface area contributed by atoms with Crippen LogP contribution in [0.4, 0.5) is 0 Å². The van der Waals surface area contributed by atoms with Crippen molar-refractivity contribution >= 4 is 7.60 Å². The van der Waals surface area contributed by atoms with Crippen molar-refractivity contribution in [3.8, 4) is 0 Å². The largest absolute Gasteiger partial charge is 0.325 e. The summed E-state index contributed by atoms with van der Waals surface area (Å²) in [7, 11) is -3.24. The molecule has 0 saturated heterocycles. The molecule has 0 heterocycles. The normalized spacial score (nSPS) is 16.2. The molecule has 1 N–H and O–H groups in total. The van der Waals surface area contributed by atoms with Crippen molar-refractivity contribution in [1.29, 1.82) is 0 Å². The Bertz CT molecular complexity index is 138. The maximum absolute atomic E-state index is 10.5. The minimum atomic E-state index is -3.24. The Balaban J connectivity index is 3.20. The van der Waals surface area contributed by atoms with Crippen molar-refractivity contribution < 1.29 is 14.0 Å². The van der Waals surface area contributed by atoms with Crippen LogP contribution in [0.5, 0.6) is 0 Å². The molecule has 1 atom stereocenters. The van der Waals surface area contributed by atoms with Gasteiger partial charge in [-0.2, -0.15) is 0 Å². The third kappa shape index (κ3) is 7.89. The summed E-state index contributed by atoms with van der Waals surface area (Å²) in [5, 5.41) is 0. The minimum Gasteiger partial charge on any atom is -0.324 e. The van der Waals surface area contributed by atoms with E-state index in [1.807, 2.05) is 0 Å². The number of unbranched alkanes of at least 4 members (excludes halogenated alkanes) is 1. The van der Waals surface area contributed by atoms with Gasteiger partial charge in [0.05, 0.1) is 6.61 Å². The lowest BCUT2D eigenvalue weighted by Crippen LogP contribution is -1.90. The molecule has 0 aliphatic rings. The molecule has 60 valence electrons. The fourth-order valence-corrected chi connectivity index (χ4v) is 0.929. The van der Waals surface area contributed by atoms with Gasteiger partial charge >= 0.3 is 7.60 Å². The molecule has 0 aliphatic heterocycles. The standard InChI is InChI=1S/C6H13O3P/c1-3-4-5-6-9-10(2,7)8/h3H,1,4-6H2,2H3,(H,7,8). The Hall–Kier alpha value is -0.110. The second-order valence-corrected chi connectivity index (χ2v) is 3.93. The first-order valence-electron chi connectivity index (χ1n) is 3.12. The summed E-state index contributed by atoms with van der Waals surface area (Å²) in [6.07, 6.45) is 3.32. The van der Waals surface area contributed by atoms with Crippen molar-refractivity contribution in [2.75, 3.05) is 13.3 Å². The molecule has 0 aromatic rings. The molecule has 0 radical (unpaired) electrons. The SMILES string of the molecule is C=CCCCOP(C)(=O)O. The van der Waals surface area contributed by atoms with Crippen LogP contribution in [0, 0.1) is 0 Å². The first kappa shape index (κ1) is 9.89. The molecule has 0 saturated carbocycles. The fourth-order valence-electron chi connectivity index (χ4n) is 0.462. The van der Waals surface area contributed by atoms with Crippen LogP contribution in [0.25, 0.3) is 0 Å². The summed E-state index contributed by atoms with van der Waals surface area (Å²) in [5.74, 6) is 0. The van der Waals surface area contributed by atoms with Gasteiger partial charge in [0.15, 0.2) is 0 Å². The highest BCUT2D eigenvalue weighted by atomic mass is 31.2. The molecule has 10 heavy (non-hydrogen) atoms. The number of hydrogen-bond acceptors (Lipinski definition) is 2. The topological polar surface area (TPSA) is 46.5 Å². The molecule has 4 heteroatoms. The van der Waals surface area contributed by atoms with Crippen LogP contribution in [0.15, 0.2) is 12.7 Å². The van der Waals surface area contributed by atoms with Gasteiger partial charge in [0.25, 0.3) is 0 Å². The van der Waals surface area contributed by atoms with Crippen molar-refractivity contribution in [2.24, 2.45) is 0 Å². The third-order valence-electron chi connectivity index (χ3n) is 0.883. The molecular formula is C6H13O3P. The molecule has 0 amide bonds. The van der Waals surface area contributed by atoms with E-state index in [2.05, 4.69) is 11.1 Å². The van der Waals surface area contributed by atoms with Crippen LogP contribution in [0.1, 0.15) is 12.8 Å². The third-order valence-corrected chi connectivity index (χ3v) is 1.55. The lowest BCUT2D eigenvalue weighted by atomic mass is 10.3. The number of rotatable bonds is 5. The summed E-state index contributed by atoms with van der Waals surface area (Å²) in [6, 6.07) is 0. The van der Waals surface area contributed by atoms with E-state index in [1.165, 1.54) is 6.66 Å². The van der Waals surface area contributed by atoms with E-state index in [0.29, 0.717) is 6.61 Å². The second-order valence-electron chi connectivity index (χ2n) is 2.07. The van der Waals surface area contributed by atoms with Crippen LogP contribution in [0.3, 0.4) is 0 Å². The molecule has 1 unspecified atom stereocenters. The lowest BCUT2D eigenvalue weighted by molar-refractivity contribution is 0.262. The van der Waals surface area contributed by atoms with Crippen molar-refractivity contribution in [2.45, 2.75) is 12.8 Å². The number of hydrogen-bond donors (Lipinski definition) is 1. The average molecular weight is 164 g/mol. The first-order chi connectivity index (χ1) is 4.56. The lowest BCUT2D eigenvalue weighted by Gasteiger charge is -2.04. The predicted octanol–water partition coefficient (Wildman–Crippen LogP) is 1.78. The highest BCUT2D eigenvalue weighted by Crippen LogP contribution is 2.36. The van der Waals surface area contributed by atoms with Crippen LogP contribution < -0.4 is 0 Å². The smallest absolute Gasteiger partial charge is 0.324 e. The Kier molecular flexibility index (Phi) is 4.62. The molecular weight excluding hydrogens is 151 g/mol. The Morgan fingerprint density at radius 1 is 1.80 bits per heavy atom. The van der Waals surface area contributed by atoms with Gasteiger partial charge in [0, 0.05) is 6.66 Å². The van der Waals surface area contributed by atoms with E-state index < -0.39 is 7.60 Å². The average Bonchev–Trinajstić information content (AvgIpc) is 1.78. The molecule has 0 fully saturated rings. The zero-order chi connectivity index (χ0) is 8.04. The van der Waals surface area contributed by atoms with Gasteiger partial charge in [-0.3, -0.25) is 4.57 Å². The van der Waals surface area contributed by atoms with E-state index in [4.69, 9.17) is 4.89 Å². The van der Waals surface area contributed by atoms with Crippen LogP contribution in [-0.2, 0) is 9.09 Å². The van der Waals surface area contributed by atoms with Crippen molar-refractivity contribution in [1.82, 2.24) is 0 Å². The van der Waals surface area contributed by atoms with Gasteiger partial charge in [-0.1, -0.05) is 6.08 Å². The fraction of sp³-hybridized carbons (Fsp3) is 0.667. The van der Waals surface area contributed by atoms with Gasteiger partial charge in [0.2, 0.25) is 0 Å². The van der Waals surface area contributed by atoms with Crippen molar-refractivity contribution in [3.63, 3.8) is 0 Å². The number of allylic oxidation sites excluding steroid dienone is 1. The Labute approximate surface area is 61.2 Å². The van der Waals surface area contributed by atoms with Gasteiger partial charge in [-0.25, -0.2) is 0 Å². The van der Waals surface area contributed by atoms with Gasteiger partial charge in [-0.15, -0.1) is 6.58 Å². The highest BCUT2D eigenvalue weighted by molar-refractivity contribution is 7.51. The van der Waals surface area contributed by atoms with Crippen molar-refractivity contribution in [3.05, 3.63) is 12.7 Å². The minimum absolute atomic E-state index is 0.330. The Morgan fingerprint density at radius 2 is 2.40 bits per heavy atom. The van der Waals surface area contributed by atoms with Gasteiger partial charge in [0.1, 0.15) is 0 Å². The van der Waals surface area contributed by atoms with E-state index in [0.717, 1.165) is 12.8 Å². The summed E-state index contributed by atoms with van der Waals surface area (Å²) >= 11 is 0. The first-order valence-corrected chi connectivity index (χ1v) is 5.14. The van der Waals surface area contributed by atoms with E-state index >= 15 is 0 Å². The highest BCUT2D eigenvalue weighted by Gasteiger charge is 2.07. The Morgan fingerprint density at radius 3 is 2.80 bits per heavy atom. The van der Waals surface area contributed by atoms with E-state index in [-0.39, 0.29) is 0 Å². The predicted molar refractivity (Wildman–Crippen MR) is 41.1 cm³/mol. The van der Waals surface area contributed by atoms with Gasteiger partial charge in [-0.05, 0) is 12.8 Å². The maximum atomic E-state index is 10.5. The summed E-state index contributed by atoms with van der Waals surface area (Å²) < 4.78 is 15.1. The molecule has 0 aliphatic carbocycles. The monoisotopic (exact) mass is 164 g/mol. The summed E-state index contributed by atoms with van der Waals surface area (Å²) in [4.78, 5) is 8.62. The molecule has 0 spiro atoms. The van der Waals surface area contributed by atoms with Gasteiger partial charge < -0.3 is 9.42 Å². The zero-order valence-corrected chi connectivity index (χ0v) is 7.01. The maximum Gasteiger partial charge on any atom is 0.325 e. The van der Waals surface area contributed by atoms with Crippen LogP contribution >= 0.6 is 7.60 Å². The molecule has 0 rings (SSSR count). The quantitative estimate of drug-likeness (QED) is 0.382. The zero-order valence-electron chi connectivity index (χ0n) is 6.12. The van der Waals surface area contributed by atoms with Crippen LogP contribution in [0.2, 0.25) is 0 Å². The molecule has 0 aromatic carbocycles. The summed E-state index contributed by atoms with van der Waals surface area (Å²) in [5.41, 5.74) is 0. The van der Waals surface area contributed by atoms with E-state index in [9.17, 15) is 4.57 Å². The summed E-state index contributed by atoms with van der Waals surface area (Å²) in [6.45, 7) is 5.02. The van der Waals surface area contributed by atoms with Crippen LogP contribution in [-0.4, -0.2) is 18.2 Å². The van der Waals surface area contributed by atoms with E-state index in [1.54, 1.807) is 6.08 Å². The molecule has 0 bridgehead atoms. The second kappa shape index (κ2) is 4.67. The molecule has 0 aromatic heterocycles.